The number of aryl methyl sites for hydroxylation is 1. The van der Waals surface area contributed by atoms with Crippen LogP contribution in [0.25, 0.3) is 11.4 Å². The lowest BCUT2D eigenvalue weighted by Gasteiger charge is -2.05. The van der Waals surface area contributed by atoms with Crippen LogP contribution in [0.4, 0.5) is 5.69 Å². The molecule has 0 aliphatic rings. The maximum atomic E-state index is 10.7. The molecule has 18 heavy (non-hydrogen) atoms. The second-order valence-electron chi connectivity index (χ2n) is 3.66. The second kappa shape index (κ2) is 5.10. The Labute approximate surface area is 103 Å². The maximum Gasteiger partial charge on any atom is 0.270 e. The summed E-state index contributed by atoms with van der Waals surface area (Å²) in [6, 6.07) is 8.36. The zero-order chi connectivity index (χ0) is 13.0. The van der Waals surface area contributed by atoms with Gasteiger partial charge >= 0.3 is 0 Å². The van der Waals surface area contributed by atoms with Crippen LogP contribution in [0.5, 0.6) is 0 Å². The Morgan fingerprint density at radius 2 is 2.33 bits per heavy atom. The van der Waals surface area contributed by atoms with Crippen molar-refractivity contribution in [2.24, 2.45) is 0 Å². The average Bonchev–Trinajstić information content (AvgIpc) is 2.84. The molecule has 1 heterocycles. The summed E-state index contributed by atoms with van der Waals surface area (Å²) in [5, 5.41) is 19.3. The summed E-state index contributed by atoms with van der Waals surface area (Å²) in [7, 11) is 0. The van der Waals surface area contributed by atoms with Gasteiger partial charge in [0, 0.05) is 36.6 Å². The van der Waals surface area contributed by atoms with Gasteiger partial charge in [0.1, 0.15) is 5.82 Å². The summed E-state index contributed by atoms with van der Waals surface area (Å²) >= 11 is 0. The molecular formula is C12H10N4O2. The zero-order valence-electron chi connectivity index (χ0n) is 9.48. The van der Waals surface area contributed by atoms with Crippen molar-refractivity contribution in [2.75, 3.05) is 0 Å². The molecule has 0 saturated heterocycles. The van der Waals surface area contributed by atoms with E-state index in [1.54, 1.807) is 24.5 Å². The number of hydrogen-bond acceptors (Lipinski definition) is 4. The van der Waals surface area contributed by atoms with Crippen LogP contribution in [0.2, 0.25) is 0 Å². The first-order chi connectivity index (χ1) is 8.72. The molecule has 0 spiro atoms. The Bertz CT molecular complexity index is 613. The first-order valence-electron chi connectivity index (χ1n) is 5.35. The largest absolute Gasteiger partial charge is 0.330 e. The van der Waals surface area contributed by atoms with Crippen LogP contribution in [0.3, 0.4) is 0 Å². The van der Waals surface area contributed by atoms with Gasteiger partial charge in [-0.25, -0.2) is 4.98 Å². The van der Waals surface area contributed by atoms with Crippen LogP contribution in [-0.4, -0.2) is 14.5 Å². The van der Waals surface area contributed by atoms with Crippen LogP contribution < -0.4 is 0 Å². The SMILES string of the molecule is N#CCCn1ccnc1-c1cccc([N+](=O)[O-])c1. The van der Waals surface area contributed by atoms with Gasteiger partial charge in [-0.05, 0) is 0 Å². The van der Waals surface area contributed by atoms with Gasteiger partial charge in [0.2, 0.25) is 0 Å². The third-order valence-electron chi connectivity index (χ3n) is 2.50. The lowest BCUT2D eigenvalue weighted by Crippen LogP contribution is -1.99. The lowest BCUT2D eigenvalue weighted by atomic mass is 10.2. The lowest BCUT2D eigenvalue weighted by molar-refractivity contribution is -0.384. The third kappa shape index (κ3) is 2.35. The fourth-order valence-electron chi connectivity index (χ4n) is 1.68. The van der Waals surface area contributed by atoms with Crippen molar-refractivity contribution in [1.82, 2.24) is 9.55 Å². The van der Waals surface area contributed by atoms with Crippen molar-refractivity contribution >= 4 is 5.69 Å². The highest BCUT2D eigenvalue weighted by atomic mass is 16.6. The van der Waals surface area contributed by atoms with E-state index in [1.807, 2.05) is 4.57 Å². The highest BCUT2D eigenvalue weighted by Gasteiger charge is 2.10. The third-order valence-corrected chi connectivity index (χ3v) is 2.50. The molecule has 0 unspecified atom stereocenters. The molecule has 0 aliphatic heterocycles. The van der Waals surface area contributed by atoms with Crippen molar-refractivity contribution in [1.29, 1.82) is 5.26 Å². The van der Waals surface area contributed by atoms with E-state index in [9.17, 15) is 10.1 Å². The van der Waals surface area contributed by atoms with E-state index in [0.29, 0.717) is 24.4 Å². The monoisotopic (exact) mass is 242 g/mol. The van der Waals surface area contributed by atoms with Crippen LogP contribution in [0, 0.1) is 21.4 Å². The summed E-state index contributed by atoms with van der Waals surface area (Å²) in [6.45, 7) is 0.522. The van der Waals surface area contributed by atoms with Gasteiger partial charge in [0.05, 0.1) is 17.4 Å². The molecule has 1 aromatic carbocycles. The van der Waals surface area contributed by atoms with Crippen molar-refractivity contribution in [3.8, 4) is 17.5 Å². The molecule has 0 amide bonds. The quantitative estimate of drug-likeness (QED) is 0.608. The number of non-ortho nitro benzene ring substituents is 1. The van der Waals surface area contributed by atoms with E-state index < -0.39 is 4.92 Å². The van der Waals surface area contributed by atoms with Crippen molar-refractivity contribution in [3.63, 3.8) is 0 Å². The molecule has 0 fully saturated rings. The first kappa shape index (κ1) is 11.8. The minimum absolute atomic E-state index is 0.0299. The number of aromatic nitrogens is 2. The van der Waals surface area contributed by atoms with E-state index in [1.165, 1.54) is 12.1 Å². The van der Waals surface area contributed by atoms with E-state index in [4.69, 9.17) is 5.26 Å². The van der Waals surface area contributed by atoms with Gasteiger partial charge in [-0.1, -0.05) is 12.1 Å². The standard InChI is InChI=1S/C12H10N4O2/c13-5-2-7-15-8-6-14-12(15)10-3-1-4-11(9-10)16(17)18/h1,3-4,6,8-9H,2,7H2. The fraction of sp³-hybridized carbons (Fsp3) is 0.167. The number of imidazole rings is 1. The smallest absolute Gasteiger partial charge is 0.270 e. The molecule has 1 aromatic heterocycles. The molecule has 0 aliphatic carbocycles. The fourth-order valence-corrected chi connectivity index (χ4v) is 1.68. The van der Waals surface area contributed by atoms with Crippen molar-refractivity contribution in [3.05, 3.63) is 46.8 Å². The highest BCUT2D eigenvalue weighted by Crippen LogP contribution is 2.22. The molecule has 6 heteroatoms. The Balaban J connectivity index is 2.37. The molecule has 2 rings (SSSR count). The zero-order valence-corrected chi connectivity index (χ0v) is 9.48. The number of hydrogen-bond donors (Lipinski definition) is 0. The Morgan fingerprint density at radius 3 is 3.06 bits per heavy atom. The molecule has 0 saturated carbocycles. The number of nitro groups is 1. The van der Waals surface area contributed by atoms with Gasteiger partial charge in [-0.2, -0.15) is 5.26 Å². The number of nitro benzene ring substituents is 1. The first-order valence-corrected chi connectivity index (χ1v) is 5.35. The molecule has 2 aromatic rings. The van der Waals surface area contributed by atoms with Gasteiger partial charge < -0.3 is 4.57 Å². The minimum Gasteiger partial charge on any atom is -0.330 e. The van der Waals surface area contributed by atoms with Crippen LogP contribution in [0.15, 0.2) is 36.7 Å². The average molecular weight is 242 g/mol. The molecule has 0 N–H and O–H groups in total. The predicted octanol–water partition coefficient (Wildman–Crippen LogP) is 2.37. The normalized spacial score (nSPS) is 9.94. The molecule has 0 radical (unpaired) electrons. The summed E-state index contributed by atoms with van der Waals surface area (Å²) in [4.78, 5) is 14.4. The Kier molecular flexibility index (Phi) is 3.34. The molecule has 90 valence electrons. The maximum absolute atomic E-state index is 10.7. The number of benzene rings is 1. The summed E-state index contributed by atoms with van der Waals surface area (Å²) in [5.41, 5.74) is 0.703. The van der Waals surface area contributed by atoms with E-state index in [2.05, 4.69) is 11.1 Å². The molecular weight excluding hydrogens is 232 g/mol. The molecule has 0 bridgehead atoms. The number of rotatable bonds is 4. The van der Waals surface area contributed by atoms with E-state index in [-0.39, 0.29) is 5.69 Å². The van der Waals surface area contributed by atoms with Gasteiger partial charge in [-0.15, -0.1) is 0 Å². The molecule has 6 nitrogen and oxygen atoms in total. The Morgan fingerprint density at radius 1 is 1.50 bits per heavy atom. The van der Waals surface area contributed by atoms with Crippen LogP contribution >= 0.6 is 0 Å². The van der Waals surface area contributed by atoms with Gasteiger partial charge in [-0.3, -0.25) is 10.1 Å². The van der Waals surface area contributed by atoms with E-state index in [0.717, 1.165) is 0 Å². The van der Waals surface area contributed by atoms with Crippen LogP contribution in [0.1, 0.15) is 6.42 Å². The van der Waals surface area contributed by atoms with E-state index >= 15 is 0 Å². The predicted molar refractivity (Wildman–Crippen MR) is 64.5 cm³/mol. The summed E-state index contributed by atoms with van der Waals surface area (Å²) in [5.74, 6) is 0.633. The van der Waals surface area contributed by atoms with Crippen molar-refractivity contribution < 1.29 is 4.92 Å². The highest BCUT2D eigenvalue weighted by molar-refractivity contribution is 5.59. The number of nitriles is 1. The van der Waals surface area contributed by atoms with Crippen molar-refractivity contribution in [2.45, 2.75) is 13.0 Å². The second-order valence-corrected chi connectivity index (χ2v) is 3.66. The minimum atomic E-state index is -0.438. The van der Waals surface area contributed by atoms with Gasteiger partial charge in [0.15, 0.2) is 0 Å². The Hall–Kier alpha value is -2.68. The van der Waals surface area contributed by atoms with Crippen LogP contribution in [-0.2, 0) is 6.54 Å². The molecule has 0 atom stereocenters. The summed E-state index contributed by atoms with van der Waals surface area (Å²) in [6.07, 6.45) is 3.75. The summed E-state index contributed by atoms with van der Waals surface area (Å²) < 4.78 is 1.81. The van der Waals surface area contributed by atoms with Gasteiger partial charge in [0.25, 0.3) is 5.69 Å². The number of nitrogens with zero attached hydrogens (tertiary/aromatic N) is 4. The topological polar surface area (TPSA) is 84.8 Å².